The summed E-state index contributed by atoms with van der Waals surface area (Å²) >= 11 is 0. The molecular formula is C19H24FN3O4S. The minimum Gasteiger partial charge on any atom is -0.277 e. The molecule has 0 bridgehead atoms. The molecule has 0 unspecified atom stereocenters. The second-order valence-corrected chi connectivity index (χ2v) is 8.57. The fourth-order valence-electron chi connectivity index (χ4n) is 2.75. The predicted octanol–water partition coefficient (Wildman–Crippen LogP) is 2.50. The van der Waals surface area contributed by atoms with Gasteiger partial charge in [-0.15, -0.1) is 0 Å². The lowest BCUT2D eigenvalue weighted by Gasteiger charge is -2.31. The summed E-state index contributed by atoms with van der Waals surface area (Å²) in [6.45, 7) is 3.71. The summed E-state index contributed by atoms with van der Waals surface area (Å²) in [6.07, 6.45) is 3.38. The van der Waals surface area contributed by atoms with Crippen LogP contribution in [0.3, 0.4) is 0 Å². The van der Waals surface area contributed by atoms with Gasteiger partial charge in [0, 0.05) is 18.9 Å². The Morgan fingerprint density at radius 2 is 1.93 bits per heavy atom. The van der Waals surface area contributed by atoms with Gasteiger partial charge in [0.2, 0.25) is 10.0 Å². The van der Waals surface area contributed by atoms with Crippen molar-refractivity contribution in [3.63, 3.8) is 0 Å². The molecule has 2 rings (SSSR count). The lowest BCUT2D eigenvalue weighted by atomic mass is 10.0. The van der Waals surface area contributed by atoms with Crippen LogP contribution in [0.4, 0.5) is 4.39 Å². The Morgan fingerprint density at radius 1 is 1.25 bits per heavy atom. The van der Waals surface area contributed by atoms with Gasteiger partial charge in [0.1, 0.15) is 11.9 Å². The van der Waals surface area contributed by atoms with Gasteiger partial charge in [-0.05, 0) is 48.2 Å². The third-order valence-corrected chi connectivity index (χ3v) is 5.90. The molecule has 1 amide bonds. The summed E-state index contributed by atoms with van der Waals surface area (Å²) in [5, 5.41) is 0. The molecule has 0 radical (unpaired) electrons. The summed E-state index contributed by atoms with van der Waals surface area (Å²) in [6, 6.07) is 6.90. The van der Waals surface area contributed by atoms with Crippen molar-refractivity contribution in [1.29, 1.82) is 0 Å². The molecule has 0 fully saturated rings. The van der Waals surface area contributed by atoms with E-state index in [4.69, 9.17) is 4.84 Å². The van der Waals surface area contributed by atoms with Crippen molar-refractivity contribution in [3.05, 3.63) is 60.2 Å². The van der Waals surface area contributed by atoms with E-state index >= 15 is 0 Å². The van der Waals surface area contributed by atoms with Crippen molar-refractivity contribution in [1.82, 2.24) is 14.8 Å². The Morgan fingerprint density at radius 3 is 2.46 bits per heavy atom. The zero-order chi connectivity index (χ0) is 20.7. The zero-order valence-electron chi connectivity index (χ0n) is 16.0. The minimum absolute atomic E-state index is 0.0347. The second kappa shape index (κ2) is 9.72. The number of hydrogen-bond donors (Lipinski definition) is 1. The van der Waals surface area contributed by atoms with Crippen LogP contribution >= 0.6 is 0 Å². The van der Waals surface area contributed by atoms with E-state index in [0.29, 0.717) is 5.56 Å². The van der Waals surface area contributed by atoms with E-state index < -0.39 is 27.8 Å². The monoisotopic (exact) mass is 408 g/mol. The first-order valence-corrected chi connectivity index (χ1v) is 10.2. The SMILES string of the molecule is CC(C)C[C@H](C(=O)NO[11CH3])N(Cc1cccnc1)S(=O)(=O)c1ccc(F)cc1. The topological polar surface area (TPSA) is 88.6 Å². The van der Waals surface area contributed by atoms with Crippen LogP contribution in [0.25, 0.3) is 0 Å². The number of carbonyl (C=O) groups excluding carboxylic acids is 1. The molecule has 0 saturated heterocycles. The molecule has 152 valence electrons. The van der Waals surface area contributed by atoms with Crippen LogP contribution in [0.15, 0.2) is 53.7 Å². The van der Waals surface area contributed by atoms with E-state index in [1.54, 1.807) is 18.3 Å². The zero-order valence-corrected chi connectivity index (χ0v) is 16.8. The van der Waals surface area contributed by atoms with Crippen LogP contribution in [0.2, 0.25) is 0 Å². The minimum atomic E-state index is -4.10. The number of aromatic nitrogens is 1. The third-order valence-electron chi connectivity index (χ3n) is 4.03. The average molecular weight is 408 g/mol. The van der Waals surface area contributed by atoms with Crippen molar-refractivity contribution < 1.29 is 22.4 Å². The van der Waals surface area contributed by atoms with Crippen LogP contribution in [-0.2, 0) is 26.2 Å². The molecule has 9 heteroatoms. The molecule has 1 N–H and O–H groups in total. The number of nitrogens with zero attached hydrogens (tertiary/aromatic N) is 2. The quantitative estimate of drug-likeness (QED) is 0.644. The molecule has 0 spiro atoms. The van der Waals surface area contributed by atoms with Gasteiger partial charge < -0.3 is 0 Å². The third kappa shape index (κ3) is 5.57. The first kappa shape index (κ1) is 21.9. The number of benzene rings is 1. The molecule has 0 saturated carbocycles. The highest BCUT2D eigenvalue weighted by Crippen LogP contribution is 2.25. The maximum absolute atomic E-state index is 13.3. The van der Waals surface area contributed by atoms with Crippen LogP contribution in [0.1, 0.15) is 25.8 Å². The lowest BCUT2D eigenvalue weighted by molar-refractivity contribution is -0.136. The second-order valence-electron chi connectivity index (χ2n) is 6.68. The van der Waals surface area contributed by atoms with Gasteiger partial charge >= 0.3 is 0 Å². The Balaban J connectivity index is 2.52. The number of rotatable bonds is 9. The molecule has 1 aromatic heterocycles. The average Bonchev–Trinajstić information content (AvgIpc) is 2.65. The van der Waals surface area contributed by atoms with E-state index in [-0.39, 0.29) is 23.8 Å². The number of hydrogen-bond acceptors (Lipinski definition) is 5. The van der Waals surface area contributed by atoms with E-state index in [0.717, 1.165) is 16.4 Å². The maximum Gasteiger partial charge on any atom is 0.261 e. The number of nitrogens with one attached hydrogen (secondary N) is 1. The maximum atomic E-state index is 13.3. The van der Waals surface area contributed by atoms with E-state index in [1.165, 1.54) is 25.4 Å². The van der Waals surface area contributed by atoms with Crippen LogP contribution < -0.4 is 5.48 Å². The van der Waals surface area contributed by atoms with Gasteiger partial charge in [0.25, 0.3) is 5.91 Å². The summed E-state index contributed by atoms with van der Waals surface area (Å²) in [4.78, 5) is 21.3. The number of hydroxylamine groups is 1. The van der Waals surface area contributed by atoms with Crippen molar-refractivity contribution in [2.45, 2.75) is 37.8 Å². The molecule has 0 aliphatic rings. The lowest BCUT2D eigenvalue weighted by Crippen LogP contribution is -2.49. The molecular weight excluding hydrogens is 384 g/mol. The highest BCUT2D eigenvalue weighted by molar-refractivity contribution is 7.89. The molecule has 28 heavy (non-hydrogen) atoms. The van der Waals surface area contributed by atoms with Gasteiger partial charge in [-0.1, -0.05) is 19.9 Å². The largest absolute Gasteiger partial charge is 0.277 e. The molecule has 2 aromatic rings. The van der Waals surface area contributed by atoms with E-state index in [1.807, 2.05) is 13.8 Å². The fraction of sp³-hybridized carbons (Fsp3) is 0.368. The molecule has 0 aliphatic carbocycles. The summed E-state index contributed by atoms with van der Waals surface area (Å²) < 4.78 is 41.1. The highest BCUT2D eigenvalue weighted by atomic mass is 32.2. The summed E-state index contributed by atoms with van der Waals surface area (Å²) in [5.41, 5.74) is 2.85. The Labute approximate surface area is 164 Å². The Bertz CT molecular complexity index is 874. The predicted molar refractivity (Wildman–Crippen MR) is 102 cm³/mol. The van der Waals surface area contributed by atoms with Gasteiger partial charge in [0.05, 0.1) is 12.0 Å². The first-order chi connectivity index (χ1) is 13.3. The first-order valence-electron chi connectivity index (χ1n) is 8.75. The van der Waals surface area contributed by atoms with Crippen molar-refractivity contribution in [2.24, 2.45) is 5.92 Å². The van der Waals surface area contributed by atoms with Crippen LogP contribution in [-0.4, -0.2) is 36.8 Å². The van der Waals surface area contributed by atoms with Crippen LogP contribution in [0, 0.1) is 11.7 Å². The van der Waals surface area contributed by atoms with Crippen molar-refractivity contribution in [2.75, 3.05) is 7.11 Å². The Kier molecular flexibility index (Phi) is 7.61. The van der Waals surface area contributed by atoms with Gasteiger partial charge in [-0.25, -0.2) is 18.3 Å². The highest BCUT2D eigenvalue weighted by Gasteiger charge is 2.36. The van der Waals surface area contributed by atoms with Gasteiger partial charge in [-0.2, -0.15) is 4.31 Å². The molecule has 0 aliphatic heterocycles. The summed E-state index contributed by atoms with van der Waals surface area (Å²) in [7, 11) is -2.82. The molecule has 1 aromatic carbocycles. The number of sulfonamides is 1. The normalized spacial score (nSPS) is 12.9. The Hall–Kier alpha value is -2.36. The van der Waals surface area contributed by atoms with Gasteiger partial charge in [0.15, 0.2) is 0 Å². The van der Waals surface area contributed by atoms with E-state index in [9.17, 15) is 17.6 Å². The van der Waals surface area contributed by atoms with Gasteiger partial charge in [-0.3, -0.25) is 14.6 Å². The van der Waals surface area contributed by atoms with E-state index in [2.05, 4.69) is 10.5 Å². The number of amides is 1. The van der Waals surface area contributed by atoms with Crippen molar-refractivity contribution in [3.8, 4) is 0 Å². The molecule has 1 atom stereocenters. The number of pyridine rings is 1. The van der Waals surface area contributed by atoms with Crippen LogP contribution in [0.5, 0.6) is 0 Å². The fourth-order valence-corrected chi connectivity index (χ4v) is 4.33. The standard InChI is InChI=1S/C19H24FN3O4S/c1-14(2)11-18(19(24)22-27-3)23(13-15-5-4-10-21-12-15)28(25,26)17-8-6-16(20)7-9-17/h4-10,12,14,18H,11,13H2,1-3H3,(H,22,24)/t18-/m1/s1/i3-1. The number of carbonyl (C=O) groups is 1. The molecule has 1 heterocycles. The van der Waals surface area contributed by atoms with Crippen molar-refractivity contribution >= 4 is 15.9 Å². The number of halogens is 1. The molecule has 7 nitrogen and oxygen atoms in total. The summed E-state index contributed by atoms with van der Waals surface area (Å²) in [5.74, 6) is -1.09. The smallest absolute Gasteiger partial charge is 0.261 e.